The summed E-state index contributed by atoms with van der Waals surface area (Å²) in [6.07, 6.45) is 1.56. The van der Waals surface area contributed by atoms with Crippen molar-refractivity contribution >= 4 is 22.8 Å². The van der Waals surface area contributed by atoms with Crippen molar-refractivity contribution in [3.05, 3.63) is 77.6 Å². The van der Waals surface area contributed by atoms with Gasteiger partial charge in [0.1, 0.15) is 17.5 Å². The molecule has 3 aromatic heterocycles. The van der Waals surface area contributed by atoms with Crippen molar-refractivity contribution in [3.63, 3.8) is 0 Å². The van der Waals surface area contributed by atoms with Crippen molar-refractivity contribution in [3.8, 4) is 22.5 Å². The zero-order chi connectivity index (χ0) is 26.3. The van der Waals surface area contributed by atoms with Crippen LogP contribution in [0.25, 0.3) is 33.7 Å². The molecule has 0 saturated carbocycles. The maximum atomic E-state index is 15.0. The summed E-state index contributed by atoms with van der Waals surface area (Å²) in [5.41, 5.74) is 8.29. The molecule has 0 fully saturated rings. The van der Waals surface area contributed by atoms with Gasteiger partial charge in [0.05, 0.1) is 11.2 Å². The Kier molecular flexibility index (Phi) is 5.90. The van der Waals surface area contributed by atoms with Gasteiger partial charge in [-0.15, -0.1) is 0 Å². The van der Waals surface area contributed by atoms with E-state index in [1.165, 1.54) is 18.2 Å². The van der Waals surface area contributed by atoms with Crippen LogP contribution in [0.3, 0.4) is 0 Å². The van der Waals surface area contributed by atoms with Crippen molar-refractivity contribution < 1.29 is 18.1 Å². The average Bonchev–Trinajstić information content (AvgIpc) is 3.52. The lowest BCUT2D eigenvalue weighted by atomic mass is 9.96. The third-order valence-electron chi connectivity index (χ3n) is 5.79. The molecule has 3 heterocycles. The van der Waals surface area contributed by atoms with Gasteiger partial charge in [0.15, 0.2) is 11.5 Å². The molecule has 9 nitrogen and oxygen atoms in total. The van der Waals surface area contributed by atoms with E-state index < -0.39 is 17.5 Å². The highest BCUT2D eigenvalue weighted by Crippen LogP contribution is 2.32. The second-order valence-corrected chi connectivity index (χ2v) is 9.51. The number of carbonyl (C=O) groups excluding carboxylic acids is 1. The first kappa shape index (κ1) is 24.0. The standard InChI is InChI=1S/C26H23F2N7O2/c1-26(2,3)25-34-24(37-35-25)23(36)31-12-14-8-7-13(11-18(14)28)15-9-10-30-22-20(15)32-21(33-22)16-5-4-6-17(27)19(16)29/h4-11H,12,29H2,1-3H3,(H,31,36)(H,30,32,33). The maximum Gasteiger partial charge on any atom is 0.315 e. The molecule has 0 spiro atoms. The highest BCUT2D eigenvalue weighted by atomic mass is 19.1. The number of benzene rings is 2. The summed E-state index contributed by atoms with van der Waals surface area (Å²) in [5, 5.41) is 6.42. The lowest BCUT2D eigenvalue weighted by Gasteiger charge is -2.10. The molecule has 188 valence electrons. The molecular weight excluding hydrogens is 480 g/mol. The zero-order valence-electron chi connectivity index (χ0n) is 20.3. The first-order valence-corrected chi connectivity index (χ1v) is 11.4. The number of amides is 1. The van der Waals surface area contributed by atoms with Gasteiger partial charge in [0.2, 0.25) is 0 Å². The Morgan fingerprint density at radius 3 is 2.62 bits per heavy atom. The molecule has 1 amide bonds. The van der Waals surface area contributed by atoms with Crippen LogP contribution < -0.4 is 11.1 Å². The van der Waals surface area contributed by atoms with Gasteiger partial charge in [0.25, 0.3) is 0 Å². The van der Waals surface area contributed by atoms with Crippen LogP contribution in [0.4, 0.5) is 14.5 Å². The van der Waals surface area contributed by atoms with E-state index in [9.17, 15) is 9.18 Å². The highest BCUT2D eigenvalue weighted by molar-refractivity contribution is 5.92. The minimum absolute atomic E-state index is 0.0317. The Morgan fingerprint density at radius 1 is 1.08 bits per heavy atom. The molecule has 0 aliphatic heterocycles. The number of imidazole rings is 1. The normalized spacial score (nSPS) is 11.7. The molecule has 2 aromatic carbocycles. The van der Waals surface area contributed by atoms with Crippen LogP contribution in [0.2, 0.25) is 0 Å². The van der Waals surface area contributed by atoms with Crippen LogP contribution in [0.1, 0.15) is 42.8 Å². The number of anilines is 1. The fraction of sp³-hybridized carbons (Fsp3) is 0.192. The summed E-state index contributed by atoms with van der Waals surface area (Å²) < 4.78 is 34.0. The van der Waals surface area contributed by atoms with E-state index in [2.05, 4.69) is 30.4 Å². The molecule has 4 N–H and O–H groups in total. The molecule has 0 unspecified atom stereocenters. The maximum absolute atomic E-state index is 15.0. The van der Waals surface area contributed by atoms with Crippen molar-refractivity contribution in [2.75, 3.05) is 5.73 Å². The predicted molar refractivity (Wildman–Crippen MR) is 133 cm³/mol. The summed E-state index contributed by atoms with van der Waals surface area (Å²) in [6.45, 7) is 5.62. The third-order valence-corrected chi connectivity index (χ3v) is 5.79. The molecule has 0 aliphatic rings. The third kappa shape index (κ3) is 4.63. The first-order chi connectivity index (χ1) is 17.6. The minimum Gasteiger partial charge on any atom is -0.396 e. The van der Waals surface area contributed by atoms with Gasteiger partial charge in [0, 0.05) is 34.8 Å². The Labute approximate surface area is 210 Å². The summed E-state index contributed by atoms with van der Waals surface area (Å²) >= 11 is 0. The number of nitrogens with zero attached hydrogens (tertiary/aromatic N) is 4. The van der Waals surface area contributed by atoms with E-state index >= 15 is 4.39 Å². The van der Waals surface area contributed by atoms with Crippen LogP contribution in [-0.2, 0) is 12.0 Å². The topological polar surface area (TPSA) is 136 Å². The number of pyridine rings is 1. The number of H-pyrrole nitrogens is 1. The summed E-state index contributed by atoms with van der Waals surface area (Å²) in [5.74, 6) is -1.09. The number of nitrogens with two attached hydrogens (primary N) is 1. The van der Waals surface area contributed by atoms with E-state index in [0.717, 1.165) is 0 Å². The fourth-order valence-corrected chi connectivity index (χ4v) is 3.75. The Morgan fingerprint density at radius 2 is 1.89 bits per heavy atom. The highest BCUT2D eigenvalue weighted by Gasteiger charge is 2.24. The van der Waals surface area contributed by atoms with E-state index in [-0.39, 0.29) is 29.1 Å². The van der Waals surface area contributed by atoms with E-state index in [4.69, 9.17) is 10.3 Å². The number of aromatic amines is 1. The zero-order valence-corrected chi connectivity index (χ0v) is 20.3. The molecule has 11 heteroatoms. The van der Waals surface area contributed by atoms with Gasteiger partial charge in [-0.05, 0) is 29.8 Å². The number of hydrogen-bond acceptors (Lipinski definition) is 7. The molecule has 5 rings (SSSR count). The van der Waals surface area contributed by atoms with E-state index in [1.807, 2.05) is 20.8 Å². The number of para-hydroxylation sites is 1. The largest absolute Gasteiger partial charge is 0.396 e. The molecule has 5 aromatic rings. The second kappa shape index (κ2) is 9.08. The summed E-state index contributed by atoms with van der Waals surface area (Å²) in [7, 11) is 0. The van der Waals surface area contributed by atoms with Crippen molar-refractivity contribution in [1.82, 2.24) is 30.4 Å². The van der Waals surface area contributed by atoms with Gasteiger partial charge < -0.3 is 20.6 Å². The predicted octanol–water partition coefficient (Wildman–Crippen LogP) is 4.76. The minimum atomic E-state index is -0.594. The van der Waals surface area contributed by atoms with Gasteiger partial charge in [-0.2, -0.15) is 4.98 Å². The SMILES string of the molecule is CC(C)(C)c1noc(C(=O)NCc2ccc(-c3ccnc4nc(-c5cccc(F)c5N)[nH]c34)cc2F)n1. The molecule has 0 saturated heterocycles. The Hall–Kier alpha value is -4.67. The van der Waals surface area contributed by atoms with E-state index in [0.29, 0.717) is 39.5 Å². The lowest BCUT2D eigenvalue weighted by molar-refractivity contribution is 0.0906. The van der Waals surface area contributed by atoms with Crippen LogP contribution in [0, 0.1) is 11.6 Å². The van der Waals surface area contributed by atoms with Crippen molar-refractivity contribution in [2.24, 2.45) is 0 Å². The first-order valence-electron chi connectivity index (χ1n) is 11.4. The molecule has 0 aliphatic carbocycles. The lowest BCUT2D eigenvalue weighted by Crippen LogP contribution is -2.24. The number of fused-ring (bicyclic) bond motifs is 1. The van der Waals surface area contributed by atoms with Gasteiger partial charge in [-0.1, -0.05) is 44.1 Å². The Bertz CT molecular complexity index is 1640. The number of nitrogen functional groups attached to an aromatic ring is 1. The van der Waals surface area contributed by atoms with Crippen LogP contribution >= 0.6 is 0 Å². The molecule has 0 bridgehead atoms. The molecule has 37 heavy (non-hydrogen) atoms. The molecular formula is C26H23F2N7O2. The van der Waals surface area contributed by atoms with E-state index in [1.54, 1.807) is 30.5 Å². The van der Waals surface area contributed by atoms with Gasteiger partial charge >= 0.3 is 11.8 Å². The van der Waals surface area contributed by atoms with Gasteiger partial charge in [-0.3, -0.25) is 4.79 Å². The number of halogens is 2. The summed E-state index contributed by atoms with van der Waals surface area (Å²) in [6, 6.07) is 10.8. The molecule has 0 radical (unpaired) electrons. The number of hydrogen-bond donors (Lipinski definition) is 3. The fourth-order valence-electron chi connectivity index (χ4n) is 3.75. The number of aromatic nitrogens is 5. The van der Waals surface area contributed by atoms with Crippen molar-refractivity contribution in [2.45, 2.75) is 32.7 Å². The number of rotatable bonds is 5. The van der Waals surface area contributed by atoms with Crippen LogP contribution in [0.15, 0.2) is 53.2 Å². The molecule has 0 atom stereocenters. The number of carbonyl (C=O) groups is 1. The quantitative estimate of drug-likeness (QED) is 0.294. The average molecular weight is 504 g/mol. The van der Waals surface area contributed by atoms with Crippen LogP contribution in [-0.4, -0.2) is 31.0 Å². The smallest absolute Gasteiger partial charge is 0.315 e. The number of nitrogens with one attached hydrogen (secondary N) is 2. The second-order valence-electron chi connectivity index (χ2n) is 9.51. The van der Waals surface area contributed by atoms with Gasteiger partial charge in [-0.25, -0.2) is 18.7 Å². The monoisotopic (exact) mass is 503 g/mol. The Balaban J connectivity index is 1.38. The van der Waals surface area contributed by atoms with Crippen molar-refractivity contribution in [1.29, 1.82) is 0 Å². The van der Waals surface area contributed by atoms with Crippen LogP contribution in [0.5, 0.6) is 0 Å². The summed E-state index contributed by atoms with van der Waals surface area (Å²) in [4.78, 5) is 28.3.